The first-order valence-corrected chi connectivity index (χ1v) is 15.0. The van der Waals surface area contributed by atoms with Crippen LogP contribution >= 0.6 is 0 Å². The van der Waals surface area contributed by atoms with E-state index in [2.05, 4.69) is 11.1 Å². The van der Waals surface area contributed by atoms with E-state index >= 15 is 0 Å². The second kappa shape index (κ2) is 28.1. The summed E-state index contributed by atoms with van der Waals surface area (Å²) >= 11 is 0. The molecule has 32 heavy (non-hydrogen) atoms. The maximum atomic E-state index is 10.4. The average Bonchev–Trinajstić information content (AvgIpc) is 2.73. The van der Waals surface area contributed by atoms with E-state index in [0.29, 0.717) is 6.42 Å². The fraction of sp³-hybridized carbons (Fsp3) is 1.00. The van der Waals surface area contributed by atoms with Gasteiger partial charge in [-0.3, -0.25) is 4.55 Å². The van der Waals surface area contributed by atoms with Gasteiger partial charge in [-0.2, -0.15) is 8.42 Å². The van der Waals surface area contributed by atoms with Crippen molar-refractivity contribution in [3.63, 3.8) is 0 Å². The molecule has 0 aromatic carbocycles. The van der Waals surface area contributed by atoms with Gasteiger partial charge in [0.05, 0.1) is 6.61 Å². The molecule has 0 aromatic heterocycles. The van der Waals surface area contributed by atoms with Crippen LogP contribution in [0.25, 0.3) is 0 Å². The summed E-state index contributed by atoms with van der Waals surface area (Å²) in [4.78, 5) is 0. The fourth-order valence-electron chi connectivity index (χ4n) is 4.23. The Hall–Kier alpha value is 0.870. The molecule has 0 saturated carbocycles. The molecule has 0 unspecified atom stereocenters. The van der Waals surface area contributed by atoms with Gasteiger partial charge >= 0.3 is 10.4 Å². The summed E-state index contributed by atoms with van der Waals surface area (Å²) in [6.45, 7) is 2.38. The Labute approximate surface area is 223 Å². The van der Waals surface area contributed by atoms with Crippen LogP contribution in [0.3, 0.4) is 0 Å². The summed E-state index contributed by atoms with van der Waals surface area (Å²) in [5.74, 6) is 0. The molecule has 0 rings (SSSR count). The van der Waals surface area contributed by atoms with Gasteiger partial charge < -0.3 is 0 Å². The van der Waals surface area contributed by atoms with Crippen molar-refractivity contribution >= 4 is 40.0 Å². The number of unbranched alkanes of at least 4 members (excludes halogenated alkanes) is 23. The molecule has 0 heterocycles. The fourth-order valence-corrected chi connectivity index (χ4v) is 4.56. The van der Waals surface area contributed by atoms with E-state index < -0.39 is 10.4 Å². The minimum atomic E-state index is -4.25. The van der Waals surface area contributed by atoms with E-state index in [-0.39, 0.29) is 36.2 Å². The number of hydrogen-bond acceptors (Lipinski definition) is 3. The normalized spacial score (nSPS) is 11.6. The summed E-state index contributed by atoms with van der Waals surface area (Å²) in [6, 6.07) is 0. The topological polar surface area (TPSA) is 63.6 Å². The molecule has 0 spiro atoms. The maximum Gasteiger partial charge on any atom is 0.397 e. The standard InChI is InChI=1S/C26H54O4S.Na/c1-2-3-4-5-6-7-8-9-10-11-12-13-14-15-16-17-18-19-20-21-22-23-24-25-26-30-31(27,28)29;/h2-26H2,1H3,(H,27,28,29);. The van der Waals surface area contributed by atoms with Crippen LogP contribution in [0.1, 0.15) is 161 Å². The van der Waals surface area contributed by atoms with Crippen LogP contribution in [0.4, 0.5) is 0 Å². The predicted molar refractivity (Wildman–Crippen MR) is 140 cm³/mol. The summed E-state index contributed by atoms with van der Waals surface area (Å²) in [5.41, 5.74) is 0. The van der Waals surface area contributed by atoms with Crippen LogP contribution in [-0.2, 0) is 14.6 Å². The van der Waals surface area contributed by atoms with Crippen molar-refractivity contribution in [2.75, 3.05) is 6.61 Å². The largest absolute Gasteiger partial charge is 0.397 e. The average molecular weight is 486 g/mol. The predicted octanol–water partition coefficient (Wildman–Crippen LogP) is 8.81. The molecule has 0 fully saturated rings. The molecule has 0 aliphatic rings. The second-order valence-corrected chi connectivity index (χ2v) is 10.5. The Bertz CT molecular complexity index is 443. The van der Waals surface area contributed by atoms with Gasteiger partial charge in [0.25, 0.3) is 0 Å². The molecule has 1 radical (unpaired) electrons. The molecule has 0 saturated heterocycles. The zero-order valence-electron chi connectivity index (χ0n) is 21.8. The van der Waals surface area contributed by atoms with Crippen LogP contribution in [0.5, 0.6) is 0 Å². The Balaban J connectivity index is 0. The zero-order chi connectivity index (χ0) is 22.9. The summed E-state index contributed by atoms with van der Waals surface area (Å²) < 4.78 is 33.5. The van der Waals surface area contributed by atoms with Gasteiger partial charge in [0.1, 0.15) is 0 Å². The van der Waals surface area contributed by atoms with Crippen molar-refractivity contribution < 1.29 is 17.2 Å². The third-order valence-corrected chi connectivity index (χ3v) is 6.69. The molecule has 0 amide bonds. The number of rotatable bonds is 26. The molecule has 189 valence electrons. The van der Waals surface area contributed by atoms with Crippen LogP contribution in [0.2, 0.25) is 0 Å². The van der Waals surface area contributed by atoms with Gasteiger partial charge in [-0.25, -0.2) is 4.18 Å². The maximum absolute atomic E-state index is 10.4. The van der Waals surface area contributed by atoms with Crippen molar-refractivity contribution in [1.82, 2.24) is 0 Å². The van der Waals surface area contributed by atoms with Crippen molar-refractivity contribution in [3.8, 4) is 0 Å². The third kappa shape index (κ3) is 33.0. The monoisotopic (exact) mass is 485 g/mol. The van der Waals surface area contributed by atoms with Gasteiger partial charge in [0.15, 0.2) is 0 Å². The van der Waals surface area contributed by atoms with Gasteiger partial charge in [0.2, 0.25) is 0 Å². The smallest absolute Gasteiger partial charge is 0.264 e. The first-order valence-electron chi connectivity index (χ1n) is 13.7. The van der Waals surface area contributed by atoms with E-state index in [4.69, 9.17) is 4.55 Å². The summed E-state index contributed by atoms with van der Waals surface area (Å²) in [6.07, 6.45) is 32.2. The zero-order valence-corrected chi connectivity index (χ0v) is 24.6. The Morgan fingerprint density at radius 1 is 0.469 bits per heavy atom. The van der Waals surface area contributed by atoms with Crippen LogP contribution in [-0.4, -0.2) is 49.1 Å². The summed E-state index contributed by atoms with van der Waals surface area (Å²) in [7, 11) is -4.25. The van der Waals surface area contributed by atoms with Crippen molar-refractivity contribution in [2.24, 2.45) is 0 Å². The van der Waals surface area contributed by atoms with Crippen LogP contribution in [0.15, 0.2) is 0 Å². The van der Waals surface area contributed by atoms with Crippen LogP contribution in [0, 0.1) is 0 Å². The first kappa shape index (κ1) is 35.0. The van der Waals surface area contributed by atoms with Crippen molar-refractivity contribution in [1.29, 1.82) is 0 Å². The third-order valence-electron chi connectivity index (χ3n) is 6.23. The molecule has 0 aliphatic heterocycles. The van der Waals surface area contributed by atoms with E-state index in [1.54, 1.807) is 0 Å². The van der Waals surface area contributed by atoms with Gasteiger partial charge in [-0.05, 0) is 6.42 Å². The summed E-state index contributed by atoms with van der Waals surface area (Å²) in [5, 5.41) is 0. The van der Waals surface area contributed by atoms with E-state index in [1.165, 1.54) is 135 Å². The second-order valence-electron chi connectivity index (χ2n) is 9.38. The molecule has 6 heteroatoms. The van der Waals surface area contributed by atoms with Gasteiger partial charge in [0, 0.05) is 29.6 Å². The molecule has 1 N–H and O–H groups in total. The Morgan fingerprint density at radius 2 is 0.688 bits per heavy atom. The molecule has 0 aliphatic carbocycles. The minimum absolute atomic E-state index is 0. The van der Waals surface area contributed by atoms with E-state index in [9.17, 15) is 8.42 Å². The SMILES string of the molecule is CCCCCCCCCCCCCCCCCCCCCCCCCCOS(=O)(=O)O.[Na]. The molecular formula is C26H54NaO4S. The molecule has 0 bridgehead atoms. The molecule has 4 nitrogen and oxygen atoms in total. The first-order chi connectivity index (χ1) is 15.1. The molecular weight excluding hydrogens is 431 g/mol. The van der Waals surface area contributed by atoms with Gasteiger partial charge in [-0.1, -0.05) is 155 Å². The Kier molecular flexibility index (Phi) is 30.8. The van der Waals surface area contributed by atoms with Crippen molar-refractivity contribution in [3.05, 3.63) is 0 Å². The quantitative estimate of drug-likeness (QED) is 0.0755. The number of hydrogen-bond donors (Lipinski definition) is 1. The van der Waals surface area contributed by atoms with E-state index in [0.717, 1.165) is 12.8 Å². The van der Waals surface area contributed by atoms with Crippen molar-refractivity contribution in [2.45, 2.75) is 161 Å². The van der Waals surface area contributed by atoms with Gasteiger partial charge in [-0.15, -0.1) is 0 Å². The Morgan fingerprint density at radius 3 is 0.906 bits per heavy atom. The minimum Gasteiger partial charge on any atom is -0.264 e. The van der Waals surface area contributed by atoms with E-state index in [1.807, 2.05) is 0 Å². The van der Waals surface area contributed by atoms with Crippen LogP contribution < -0.4 is 0 Å². The molecule has 0 atom stereocenters. The molecule has 0 aromatic rings.